The Morgan fingerprint density at radius 3 is 2.33 bits per heavy atom. The lowest BCUT2D eigenvalue weighted by molar-refractivity contribution is -0.130. The molecule has 0 spiro atoms. The number of nitrogens with zero attached hydrogens (tertiary/aromatic N) is 4. The summed E-state index contributed by atoms with van der Waals surface area (Å²) in [5, 5.41) is 0. The SMILES string of the molecule is O=C(CSCc1ccccc1)N1CCN(CCn2ccnc2-c2ccccc2)CC1. The second-order valence-electron chi connectivity index (χ2n) is 7.51. The van der Waals surface area contributed by atoms with Crippen LogP contribution in [-0.4, -0.2) is 63.7 Å². The third-order valence-electron chi connectivity index (χ3n) is 5.47. The van der Waals surface area contributed by atoms with Crippen LogP contribution in [0.1, 0.15) is 5.56 Å². The van der Waals surface area contributed by atoms with Crippen molar-refractivity contribution in [1.29, 1.82) is 0 Å². The summed E-state index contributed by atoms with van der Waals surface area (Å²) in [4.78, 5) is 21.5. The van der Waals surface area contributed by atoms with Crippen LogP contribution in [0.5, 0.6) is 0 Å². The molecule has 4 rings (SSSR count). The van der Waals surface area contributed by atoms with Crippen molar-refractivity contribution < 1.29 is 4.79 Å². The van der Waals surface area contributed by atoms with E-state index in [2.05, 4.69) is 38.7 Å². The van der Waals surface area contributed by atoms with Crippen molar-refractivity contribution in [3.05, 3.63) is 78.6 Å². The second kappa shape index (κ2) is 10.5. The van der Waals surface area contributed by atoms with Crippen molar-refractivity contribution in [1.82, 2.24) is 19.4 Å². The Bertz CT molecular complexity index is 921. The minimum Gasteiger partial charge on any atom is -0.339 e. The predicted octanol–water partition coefficient (Wildman–Crippen LogP) is 3.63. The summed E-state index contributed by atoms with van der Waals surface area (Å²) in [6, 6.07) is 20.6. The molecule has 2 heterocycles. The van der Waals surface area contributed by atoms with Crippen molar-refractivity contribution in [3.63, 3.8) is 0 Å². The number of amides is 1. The van der Waals surface area contributed by atoms with Gasteiger partial charge in [-0.05, 0) is 5.56 Å². The average Bonchev–Trinajstić information content (AvgIpc) is 3.28. The molecule has 1 saturated heterocycles. The van der Waals surface area contributed by atoms with Gasteiger partial charge in [0.1, 0.15) is 5.82 Å². The van der Waals surface area contributed by atoms with E-state index in [-0.39, 0.29) is 5.91 Å². The summed E-state index contributed by atoms with van der Waals surface area (Å²) < 4.78 is 2.22. The van der Waals surface area contributed by atoms with E-state index >= 15 is 0 Å². The Morgan fingerprint density at radius 1 is 0.900 bits per heavy atom. The third-order valence-corrected chi connectivity index (χ3v) is 6.46. The van der Waals surface area contributed by atoms with E-state index in [4.69, 9.17) is 0 Å². The van der Waals surface area contributed by atoms with Gasteiger partial charge in [0.25, 0.3) is 0 Å². The number of hydrogen-bond donors (Lipinski definition) is 0. The Kier molecular flexibility index (Phi) is 7.21. The summed E-state index contributed by atoms with van der Waals surface area (Å²) in [7, 11) is 0. The zero-order valence-corrected chi connectivity index (χ0v) is 18.0. The van der Waals surface area contributed by atoms with E-state index in [0.29, 0.717) is 5.75 Å². The van der Waals surface area contributed by atoms with Gasteiger partial charge in [0.2, 0.25) is 5.91 Å². The summed E-state index contributed by atoms with van der Waals surface area (Å²) in [6.45, 7) is 5.39. The topological polar surface area (TPSA) is 41.4 Å². The van der Waals surface area contributed by atoms with Gasteiger partial charge in [-0.3, -0.25) is 9.69 Å². The number of thioether (sulfide) groups is 1. The normalized spacial score (nSPS) is 14.7. The van der Waals surface area contributed by atoms with Crippen molar-refractivity contribution in [2.24, 2.45) is 0 Å². The minimum absolute atomic E-state index is 0.261. The van der Waals surface area contributed by atoms with E-state index in [1.165, 1.54) is 5.56 Å². The molecular formula is C24H28N4OS. The molecule has 30 heavy (non-hydrogen) atoms. The molecule has 1 fully saturated rings. The highest BCUT2D eigenvalue weighted by Gasteiger charge is 2.21. The molecule has 0 atom stereocenters. The molecule has 2 aromatic carbocycles. The zero-order valence-electron chi connectivity index (χ0n) is 17.2. The van der Waals surface area contributed by atoms with Crippen molar-refractivity contribution in [3.8, 4) is 11.4 Å². The molecule has 3 aromatic rings. The quantitative estimate of drug-likeness (QED) is 0.558. The molecule has 1 aliphatic heterocycles. The maximum Gasteiger partial charge on any atom is 0.232 e. The summed E-state index contributed by atoms with van der Waals surface area (Å²) in [5.41, 5.74) is 2.42. The van der Waals surface area contributed by atoms with Crippen LogP contribution in [0, 0.1) is 0 Å². The van der Waals surface area contributed by atoms with Crippen molar-refractivity contribution in [2.75, 3.05) is 38.5 Å². The van der Waals surface area contributed by atoms with Crippen LogP contribution in [0.4, 0.5) is 0 Å². The lowest BCUT2D eigenvalue weighted by atomic mass is 10.2. The molecular weight excluding hydrogens is 392 g/mol. The van der Waals surface area contributed by atoms with Gasteiger partial charge in [-0.15, -0.1) is 11.8 Å². The van der Waals surface area contributed by atoms with E-state index in [1.54, 1.807) is 11.8 Å². The standard InChI is InChI=1S/C24H28N4OS/c29-23(20-30-19-21-7-3-1-4-8-21)27-16-13-26(14-17-27)15-18-28-12-11-25-24(28)22-9-5-2-6-10-22/h1-12H,13-20H2. The Morgan fingerprint density at radius 2 is 1.60 bits per heavy atom. The Balaban J connectivity index is 1.19. The van der Waals surface area contributed by atoms with Gasteiger partial charge in [-0.1, -0.05) is 60.7 Å². The average molecular weight is 421 g/mol. The highest BCUT2D eigenvalue weighted by Crippen LogP contribution is 2.17. The maximum absolute atomic E-state index is 12.5. The number of benzene rings is 2. The molecule has 0 radical (unpaired) electrons. The second-order valence-corrected chi connectivity index (χ2v) is 8.50. The van der Waals surface area contributed by atoms with Gasteiger partial charge in [0, 0.05) is 63.0 Å². The first-order chi connectivity index (χ1) is 14.8. The fourth-order valence-electron chi connectivity index (χ4n) is 3.73. The fraction of sp³-hybridized carbons (Fsp3) is 0.333. The van der Waals surface area contributed by atoms with Crippen LogP contribution >= 0.6 is 11.8 Å². The maximum atomic E-state index is 12.5. The molecule has 1 aliphatic rings. The van der Waals surface area contributed by atoms with Crippen molar-refractivity contribution >= 4 is 17.7 Å². The van der Waals surface area contributed by atoms with Gasteiger partial charge in [0.15, 0.2) is 0 Å². The van der Waals surface area contributed by atoms with Crippen LogP contribution in [0.15, 0.2) is 73.1 Å². The number of carbonyl (C=O) groups is 1. The van der Waals surface area contributed by atoms with Gasteiger partial charge < -0.3 is 9.47 Å². The molecule has 1 amide bonds. The zero-order chi connectivity index (χ0) is 20.6. The number of aromatic nitrogens is 2. The number of hydrogen-bond acceptors (Lipinski definition) is 4. The monoisotopic (exact) mass is 420 g/mol. The number of imidazole rings is 1. The van der Waals surface area contributed by atoms with E-state index in [0.717, 1.165) is 56.4 Å². The number of piperazine rings is 1. The molecule has 0 aliphatic carbocycles. The lowest BCUT2D eigenvalue weighted by Crippen LogP contribution is -2.49. The molecule has 0 unspecified atom stereocenters. The first-order valence-electron chi connectivity index (χ1n) is 10.5. The van der Waals surface area contributed by atoms with Crippen LogP contribution in [0.2, 0.25) is 0 Å². The predicted molar refractivity (Wildman–Crippen MR) is 123 cm³/mol. The van der Waals surface area contributed by atoms with Gasteiger partial charge in [-0.25, -0.2) is 4.98 Å². The smallest absolute Gasteiger partial charge is 0.232 e. The van der Waals surface area contributed by atoms with Gasteiger partial charge in [0.05, 0.1) is 5.75 Å². The largest absolute Gasteiger partial charge is 0.339 e. The molecule has 0 saturated carbocycles. The van der Waals surface area contributed by atoms with Gasteiger partial charge >= 0.3 is 0 Å². The molecule has 156 valence electrons. The molecule has 5 nitrogen and oxygen atoms in total. The van der Waals surface area contributed by atoms with Crippen LogP contribution in [-0.2, 0) is 17.1 Å². The number of rotatable bonds is 8. The first-order valence-corrected chi connectivity index (χ1v) is 11.6. The lowest BCUT2D eigenvalue weighted by Gasteiger charge is -2.34. The van der Waals surface area contributed by atoms with E-state index < -0.39 is 0 Å². The highest BCUT2D eigenvalue weighted by atomic mass is 32.2. The van der Waals surface area contributed by atoms with Crippen LogP contribution in [0.3, 0.4) is 0 Å². The first kappa shape index (κ1) is 20.7. The Labute approximate surface area is 182 Å². The third kappa shape index (κ3) is 5.52. The highest BCUT2D eigenvalue weighted by molar-refractivity contribution is 7.99. The fourth-order valence-corrected chi connectivity index (χ4v) is 4.62. The molecule has 1 aromatic heterocycles. The Hall–Kier alpha value is -2.57. The molecule has 6 heteroatoms. The van der Waals surface area contributed by atoms with Crippen LogP contribution < -0.4 is 0 Å². The number of carbonyl (C=O) groups excluding carboxylic acids is 1. The summed E-state index contributed by atoms with van der Waals surface area (Å²) >= 11 is 1.70. The molecule has 0 bridgehead atoms. The summed E-state index contributed by atoms with van der Waals surface area (Å²) in [5.74, 6) is 2.72. The van der Waals surface area contributed by atoms with E-state index in [1.807, 2.05) is 53.7 Å². The van der Waals surface area contributed by atoms with Crippen LogP contribution in [0.25, 0.3) is 11.4 Å². The van der Waals surface area contributed by atoms with E-state index in [9.17, 15) is 4.79 Å². The van der Waals surface area contributed by atoms with Crippen molar-refractivity contribution in [2.45, 2.75) is 12.3 Å². The summed E-state index contributed by atoms with van der Waals surface area (Å²) in [6.07, 6.45) is 3.91. The van der Waals surface area contributed by atoms with Gasteiger partial charge in [-0.2, -0.15) is 0 Å². The molecule has 0 N–H and O–H groups in total. The minimum atomic E-state index is 0.261.